The summed E-state index contributed by atoms with van der Waals surface area (Å²) in [6, 6.07) is 17.7. The molecule has 0 atom stereocenters. The molecule has 0 aliphatic heterocycles. The molecule has 2 rings (SSSR count). The molecule has 0 aliphatic rings. The van der Waals surface area contributed by atoms with E-state index in [0.717, 1.165) is 0 Å². The fourth-order valence-electron chi connectivity index (χ4n) is 1.73. The second kappa shape index (κ2) is 5.27. The zero-order valence-electron chi connectivity index (χ0n) is 10.0. The molecule has 0 unspecified atom stereocenters. The molecule has 3 heteroatoms. The third-order valence-electron chi connectivity index (χ3n) is 2.55. The van der Waals surface area contributed by atoms with Gasteiger partial charge in [-0.1, -0.05) is 36.4 Å². The van der Waals surface area contributed by atoms with Crippen LogP contribution in [0.4, 0.5) is 5.69 Å². The molecule has 0 fully saturated rings. The van der Waals surface area contributed by atoms with Gasteiger partial charge in [0.05, 0.1) is 5.69 Å². The zero-order valence-corrected chi connectivity index (χ0v) is 10.0. The third-order valence-corrected chi connectivity index (χ3v) is 2.55. The Hall–Kier alpha value is -2.42. The molecule has 0 heterocycles. The van der Waals surface area contributed by atoms with Gasteiger partial charge in [-0.2, -0.15) is 0 Å². The Morgan fingerprint density at radius 1 is 0.833 bits per heavy atom. The molecule has 0 aromatic heterocycles. The standard InChI is InChI=1S/C15H13NO2/c1-12(17)16(14-10-6-3-7-11-14)15(18)13-8-4-2-5-9-13/h2-11H,1H3. The first-order chi connectivity index (χ1) is 8.70. The number of para-hydroxylation sites is 1. The van der Waals surface area contributed by atoms with Gasteiger partial charge in [0.1, 0.15) is 0 Å². The van der Waals surface area contributed by atoms with E-state index < -0.39 is 0 Å². The Balaban J connectivity index is 2.39. The largest absolute Gasteiger partial charge is 0.274 e. The Morgan fingerprint density at radius 2 is 1.33 bits per heavy atom. The van der Waals surface area contributed by atoms with Gasteiger partial charge in [0.25, 0.3) is 5.91 Å². The topological polar surface area (TPSA) is 37.4 Å². The minimum Gasteiger partial charge on any atom is -0.274 e. The maximum atomic E-state index is 12.3. The highest BCUT2D eigenvalue weighted by atomic mass is 16.2. The van der Waals surface area contributed by atoms with Crippen LogP contribution in [-0.2, 0) is 4.79 Å². The lowest BCUT2D eigenvalue weighted by Gasteiger charge is -2.19. The fourth-order valence-corrected chi connectivity index (χ4v) is 1.73. The summed E-state index contributed by atoms with van der Waals surface area (Å²) in [6.45, 7) is 1.38. The maximum Gasteiger partial charge on any atom is 0.265 e. The van der Waals surface area contributed by atoms with Crippen LogP contribution in [0, 0.1) is 0 Å². The van der Waals surface area contributed by atoms with Crippen LogP contribution in [0.1, 0.15) is 17.3 Å². The lowest BCUT2D eigenvalue weighted by Crippen LogP contribution is -2.35. The highest BCUT2D eigenvalue weighted by molar-refractivity contribution is 6.20. The molecular formula is C15H13NO2. The minimum atomic E-state index is -0.311. The molecule has 0 aliphatic carbocycles. The predicted molar refractivity (Wildman–Crippen MR) is 70.4 cm³/mol. The summed E-state index contributed by atoms with van der Waals surface area (Å²) in [6.07, 6.45) is 0. The van der Waals surface area contributed by atoms with Gasteiger partial charge in [-0.05, 0) is 24.3 Å². The van der Waals surface area contributed by atoms with Gasteiger partial charge < -0.3 is 0 Å². The van der Waals surface area contributed by atoms with Crippen molar-refractivity contribution in [1.82, 2.24) is 0 Å². The van der Waals surface area contributed by atoms with Gasteiger partial charge in [-0.3, -0.25) is 9.59 Å². The SMILES string of the molecule is CC(=O)N(C(=O)c1ccccc1)c1ccccc1. The van der Waals surface area contributed by atoms with Gasteiger partial charge in [0, 0.05) is 12.5 Å². The van der Waals surface area contributed by atoms with E-state index in [1.807, 2.05) is 12.1 Å². The maximum absolute atomic E-state index is 12.3. The first-order valence-electron chi connectivity index (χ1n) is 5.65. The summed E-state index contributed by atoms with van der Waals surface area (Å²) in [5.41, 5.74) is 1.08. The van der Waals surface area contributed by atoms with E-state index in [0.29, 0.717) is 11.3 Å². The summed E-state index contributed by atoms with van der Waals surface area (Å²) in [5.74, 6) is -0.607. The minimum absolute atomic E-state index is 0.296. The van der Waals surface area contributed by atoms with Crippen LogP contribution in [0.3, 0.4) is 0 Å². The van der Waals surface area contributed by atoms with Crippen molar-refractivity contribution in [1.29, 1.82) is 0 Å². The number of carbonyl (C=O) groups is 2. The molecule has 0 saturated carbocycles. The summed E-state index contributed by atoms with van der Waals surface area (Å²) >= 11 is 0. The van der Waals surface area contributed by atoms with Gasteiger partial charge >= 0.3 is 0 Å². The number of nitrogens with zero attached hydrogens (tertiary/aromatic N) is 1. The van der Waals surface area contributed by atoms with Crippen LogP contribution in [0.25, 0.3) is 0 Å². The van der Waals surface area contributed by atoms with E-state index in [1.165, 1.54) is 11.8 Å². The molecule has 0 N–H and O–H groups in total. The van der Waals surface area contributed by atoms with Crippen LogP contribution >= 0.6 is 0 Å². The van der Waals surface area contributed by atoms with Crippen molar-refractivity contribution in [2.24, 2.45) is 0 Å². The number of hydrogen-bond acceptors (Lipinski definition) is 2. The van der Waals surface area contributed by atoms with Crippen molar-refractivity contribution in [3.63, 3.8) is 0 Å². The molecule has 2 amide bonds. The van der Waals surface area contributed by atoms with Crippen LogP contribution < -0.4 is 4.90 Å². The molecule has 18 heavy (non-hydrogen) atoms. The molecule has 0 saturated heterocycles. The second-order valence-electron chi connectivity index (χ2n) is 3.86. The smallest absolute Gasteiger partial charge is 0.265 e. The van der Waals surface area contributed by atoms with Crippen molar-refractivity contribution >= 4 is 17.5 Å². The van der Waals surface area contributed by atoms with Crippen molar-refractivity contribution < 1.29 is 9.59 Å². The monoisotopic (exact) mass is 239 g/mol. The normalized spacial score (nSPS) is 9.83. The van der Waals surface area contributed by atoms with Crippen molar-refractivity contribution in [2.75, 3.05) is 4.90 Å². The Morgan fingerprint density at radius 3 is 1.83 bits per heavy atom. The molecular weight excluding hydrogens is 226 g/mol. The van der Waals surface area contributed by atoms with Gasteiger partial charge in [0.2, 0.25) is 5.91 Å². The average molecular weight is 239 g/mol. The first kappa shape index (κ1) is 12.0. The molecule has 2 aromatic rings. The van der Waals surface area contributed by atoms with E-state index in [9.17, 15) is 9.59 Å². The summed E-state index contributed by atoms with van der Waals surface area (Å²) < 4.78 is 0. The quantitative estimate of drug-likeness (QED) is 0.808. The Labute approximate surface area is 106 Å². The van der Waals surface area contributed by atoms with Crippen LogP contribution in [0.5, 0.6) is 0 Å². The molecule has 3 nitrogen and oxygen atoms in total. The van der Waals surface area contributed by atoms with Gasteiger partial charge in [0.15, 0.2) is 0 Å². The van der Waals surface area contributed by atoms with Crippen molar-refractivity contribution in [2.45, 2.75) is 6.92 Å². The number of amides is 2. The highest BCUT2D eigenvalue weighted by Gasteiger charge is 2.20. The van der Waals surface area contributed by atoms with Crippen LogP contribution in [0.15, 0.2) is 60.7 Å². The van der Waals surface area contributed by atoms with E-state index in [2.05, 4.69) is 0 Å². The van der Waals surface area contributed by atoms with E-state index in [4.69, 9.17) is 0 Å². The molecule has 90 valence electrons. The molecule has 0 spiro atoms. The Kier molecular flexibility index (Phi) is 3.53. The number of anilines is 1. The predicted octanol–water partition coefficient (Wildman–Crippen LogP) is 2.88. The molecule has 2 aromatic carbocycles. The molecule has 0 bridgehead atoms. The highest BCUT2D eigenvalue weighted by Crippen LogP contribution is 2.16. The summed E-state index contributed by atoms with van der Waals surface area (Å²) in [7, 11) is 0. The number of rotatable bonds is 2. The number of benzene rings is 2. The average Bonchev–Trinajstić information content (AvgIpc) is 2.40. The van der Waals surface area contributed by atoms with Crippen molar-refractivity contribution in [3.05, 3.63) is 66.2 Å². The first-order valence-corrected chi connectivity index (χ1v) is 5.65. The van der Waals surface area contributed by atoms with E-state index in [-0.39, 0.29) is 11.8 Å². The number of hydrogen-bond donors (Lipinski definition) is 0. The van der Waals surface area contributed by atoms with Crippen molar-refractivity contribution in [3.8, 4) is 0 Å². The van der Waals surface area contributed by atoms with Crippen LogP contribution in [0.2, 0.25) is 0 Å². The second-order valence-corrected chi connectivity index (χ2v) is 3.86. The zero-order chi connectivity index (χ0) is 13.0. The van der Waals surface area contributed by atoms with Gasteiger partial charge in [-0.25, -0.2) is 4.90 Å². The van der Waals surface area contributed by atoms with Crippen LogP contribution in [-0.4, -0.2) is 11.8 Å². The number of imide groups is 1. The third kappa shape index (κ3) is 2.46. The van der Waals surface area contributed by atoms with E-state index in [1.54, 1.807) is 48.5 Å². The fraction of sp³-hybridized carbons (Fsp3) is 0.0667. The van der Waals surface area contributed by atoms with E-state index >= 15 is 0 Å². The Bertz CT molecular complexity index is 549. The lowest BCUT2D eigenvalue weighted by molar-refractivity contribution is -0.115. The number of carbonyl (C=O) groups excluding carboxylic acids is 2. The molecule has 0 radical (unpaired) electrons. The summed E-state index contributed by atoms with van der Waals surface area (Å²) in [4.78, 5) is 25.1. The summed E-state index contributed by atoms with van der Waals surface area (Å²) in [5, 5.41) is 0. The lowest BCUT2D eigenvalue weighted by atomic mass is 10.2. The van der Waals surface area contributed by atoms with Gasteiger partial charge in [-0.15, -0.1) is 0 Å².